The minimum atomic E-state index is -1.21. The molecule has 3 heterocycles. The number of fused-ring (bicyclic) bond motifs is 1. The van der Waals surface area contributed by atoms with E-state index in [1.54, 1.807) is 17.1 Å². The van der Waals surface area contributed by atoms with Gasteiger partial charge in [-0.1, -0.05) is 18.2 Å². The van der Waals surface area contributed by atoms with E-state index in [0.717, 1.165) is 16.8 Å². The topological polar surface area (TPSA) is 138 Å². The van der Waals surface area contributed by atoms with Crippen LogP contribution in [0.3, 0.4) is 0 Å². The zero-order valence-corrected chi connectivity index (χ0v) is 19.5. The maximum atomic E-state index is 12.6. The van der Waals surface area contributed by atoms with Crippen molar-refractivity contribution in [2.24, 2.45) is 0 Å². The van der Waals surface area contributed by atoms with Crippen LogP contribution in [-0.4, -0.2) is 53.9 Å². The summed E-state index contributed by atoms with van der Waals surface area (Å²) in [5.74, 6) is -1.08. The molecule has 0 bridgehead atoms. The zero-order chi connectivity index (χ0) is 24.7. The van der Waals surface area contributed by atoms with E-state index in [2.05, 4.69) is 10.2 Å². The van der Waals surface area contributed by atoms with E-state index in [1.807, 2.05) is 36.5 Å². The number of Topliss-reactive ketones (excluding diaryl/α,β-unsaturated/α-hetero) is 1. The minimum absolute atomic E-state index is 0.126. The number of carbonyl (C=O) groups excluding carboxylic acids is 1. The summed E-state index contributed by atoms with van der Waals surface area (Å²) < 4.78 is 8.61. The predicted molar refractivity (Wildman–Crippen MR) is 129 cm³/mol. The van der Waals surface area contributed by atoms with E-state index in [4.69, 9.17) is 15.5 Å². The largest absolute Gasteiger partial charge is 0.479 e. The number of benzene rings is 1. The van der Waals surface area contributed by atoms with E-state index in [9.17, 15) is 14.7 Å². The summed E-state index contributed by atoms with van der Waals surface area (Å²) in [6.45, 7) is 1.45. The SMILES string of the molecule is CO[C@]1(C(=O)O)CC[C@@H](c2nc3c(-c4cnn(-c5ccccc5)c4)cnn3c(N)c2C(C)=O)CC1. The van der Waals surface area contributed by atoms with Crippen LogP contribution in [0.5, 0.6) is 0 Å². The molecule has 1 aromatic carbocycles. The van der Waals surface area contributed by atoms with Crippen molar-refractivity contribution in [1.82, 2.24) is 24.4 Å². The van der Waals surface area contributed by atoms with Crippen LogP contribution in [0.25, 0.3) is 22.5 Å². The fourth-order valence-corrected chi connectivity index (χ4v) is 4.94. The average molecular weight is 475 g/mol. The lowest BCUT2D eigenvalue weighted by molar-refractivity contribution is -0.166. The first-order valence-corrected chi connectivity index (χ1v) is 11.4. The molecule has 180 valence electrons. The van der Waals surface area contributed by atoms with E-state index in [1.165, 1.54) is 18.5 Å². The molecule has 0 radical (unpaired) electrons. The second-order valence-corrected chi connectivity index (χ2v) is 8.89. The predicted octanol–water partition coefficient (Wildman–Crippen LogP) is 3.49. The zero-order valence-electron chi connectivity index (χ0n) is 19.5. The van der Waals surface area contributed by atoms with Crippen molar-refractivity contribution in [3.8, 4) is 16.8 Å². The molecule has 0 amide bonds. The summed E-state index contributed by atoms with van der Waals surface area (Å²) in [4.78, 5) is 29.3. The van der Waals surface area contributed by atoms with Crippen LogP contribution in [-0.2, 0) is 9.53 Å². The lowest BCUT2D eigenvalue weighted by atomic mass is 9.76. The van der Waals surface area contributed by atoms with Crippen LogP contribution in [0.4, 0.5) is 5.82 Å². The number of methoxy groups -OCH3 is 1. The third-order valence-electron chi connectivity index (χ3n) is 6.94. The van der Waals surface area contributed by atoms with Gasteiger partial charge in [0.15, 0.2) is 17.0 Å². The molecule has 10 nitrogen and oxygen atoms in total. The van der Waals surface area contributed by atoms with Crippen molar-refractivity contribution in [3.63, 3.8) is 0 Å². The lowest BCUT2D eigenvalue weighted by Crippen LogP contribution is -2.43. The van der Waals surface area contributed by atoms with E-state index in [0.29, 0.717) is 42.6 Å². The molecular weight excluding hydrogens is 448 g/mol. The molecule has 0 unspecified atom stereocenters. The Morgan fingerprint density at radius 3 is 2.49 bits per heavy atom. The summed E-state index contributed by atoms with van der Waals surface area (Å²) in [6.07, 6.45) is 6.97. The number of aliphatic carboxylic acids is 1. The highest BCUT2D eigenvalue weighted by Gasteiger charge is 2.43. The number of ether oxygens (including phenoxy) is 1. The number of hydrogen-bond acceptors (Lipinski definition) is 7. The number of carboxylic acids is 1. The quantitative estimate of drug-likeness (QED) is 0.405. The Hall–Kier alpha value is -4.05. The highest BCUT2D eigenvalue weighted by atomic mass is 16.5. The van der Waals surface area contributed by atoms with Crippen LogP contribution >= 0.6 is 0 Å². The standard InChI is InChI=1S/C25H26N6O4/c1-15(32)20-21(16-8-10-25(35-2,11-9-16)24(33)34)29-23-19(13-28-31(23)22(20)26)17-12-27-30(14-17)18-6-4-3-5-7-18/h3-7,12-14,16H,8-11,26H2,1-2H3,(H,33,34)/t16-,25-. The Morgan fingerprint density at radius 2 is 1.86 bits per heavy atom. The van der Waals surface area contributed by atoms with Gasteiger partial charge in [0.2, 0.25) is 0 Å². The molecule has 1 aliphatic carbocycles. The Labute approximate surface area is 201 Å². The first-order chi connectivity index (χ1) is 16.8. The Morgan fingerprint density at radius 1 is 1.14 bits per heavy atom. The molecule has 0 saturated heterocycles. The maximum absolute atomic E-state index is 12.6. The summed E-state index contributed by atoms with van der Waals surface area (Å²) >= 11 is 0. The van der Waals surface area contributed by atoms with Crippen LogP contribution in [0.15, 0.2) is 48.9 Å². The normalized spacial score (nSPS) is 20.2. The molecule has 3 aromatic heterocycles. The molecule has 0 spiro atoms. The van der Waals surface area contributed by atoms with Gasteiger partial charge in [0.1, 0.15) is 5.82 Å². The highest BCUT2D eigenvalue weighted by molar-refractivity contribution is 6.00. The molecule has 1 aliphatic rings. The molecule has 0 atom stereocenters. The maximum Gasteiger partial charge on any atom is 0.335 e. The highest BCUT2D eigenvalue weighted by Crippen LogP contribution is 2.42. The third kappa shape index (κ3) is 3.75. The molecule has 4 aromatic rings. The van der Waals surface area contributed by atoms with Gasteiger partial charge in [-0.05, 0) is 44.7 Å². The average Bonchev–Trinajstić information content (AvgIpc) is 3.51. The van der Waals surface area contributed by atoms with Crippen molar-refractivity contribution >= 4 is 23.2 Å². The summed E-state index contributed by atoms with van der Waals surface area (Å²) in [5, 5.41) is 18.5. The fraction of sp³-hybridized carbons (Fsp3) is 0.320. The van der Waals surface area contributed by atoms with Crippen molar-refractivity contribution in [2.75, 3.05) is 12.8 Å². The van der Waals surface area contributed by atoms with Crippen LogP contribution < -0.4 is 5.73 Å². The number of aromatic nitrogens is 5. The molecule has 0 aliphatic heterocycles. The number of para-hydroxylation sites is 1. The van der Waals surface area contributed by atoms with Gasteiger partial charge >= 0.3 is 5.97 Å². The lowest BCUT2D eigenvalue weighted by Gasteiger charge is -2.35. The summed E-state index contributed by atoms with van der Waals surface area (Å²) in [7, 11) is 1.42. The van der Waals surface area contributed by atoms with E-state index >= 15 is 0 Å². The third-order valence-corrected chi connectivity index (χ3v) is 6.94. The molecule has 1 saturated carbocycles. The number of rotatable bonds is 6. The molecule has 1 fully saturated rings. The number of nitrogens with zero attached hydrogens (tertiary/aromatic N) is 5. The van der Waals surface area contributed by atoms with Crippen molar-refractivity contribution in [1.29, 1.82) is 0 Å². The number of nitrogens with two attached hydrogens (primary N) is 1. The summed E-state index contributed by atoms with van der Waals surface area (Å²) in [5.41, 5.74) is 9.14. The van der Waals surface area contributed by atoms with Gasteiger partial charge in [-0.3, -0.25) is 4.79 Å². The van der Waals surface area contributed by atoms with Gasteiger partial charge in [0.25, 0.3) is 0 Å². The van der Waals surface area contributed by atoms with E-state index in [-0.39, 0.29) is 17.5 Å². The van der Waals surface area contributed by atoms with Gasteiger partial charge in [-0.15, -0.1) is 0 Å². The minimum Gasteiger partial charge on any atom is -0.479 e. The number of carbonyl (C=O) groups is 2. The molecule has 3 N–H and O–H groups in total. The Kier molecular flexibility index (Phi) is 5.60. The number of hydrogen-bond donors (Lipinski definition) is 2. The molecule has 35 heavy (non-hydrogen) atoms. The first-order valence-electron chi connectivity index (χ1n) is 11.4. The monoisotopic (exact) mass is 474 g/mol. The van der Waals surface area contributed by atoms with Gasteiger partial charge in [-0.25, -0.2) is 14.5 Å². The smallest absolute Gasteiger partial charge is 0.335 e. The number of carboxylic acid groups (broad SMARTS) is 1. The van der Waals surface area contributed by atoms with Crippen LogP contribution in [0, 0.1) is 0 Å². The van der Waals surface area contributed by atoms with Crippen LogP contribution in [0.2, 0.25) is 0 Å². The van der Waals surface area contributed by atoms with Crippen molar-refractivity contribution < 1.29 is 19.4 Å². The van der Waals surface area contributed by atoms with Crippen LogP contribution in [0.1, 0.15) is 54.6 Å². The summed E-state index contributed by atoms with van der Waals surface area (Å²) in [6, 6.07) is 9.74. The van der Waals surface area contributed by atoms with E-state index < -0.39 is 11.6 Å². The second-order valence-electron chi connectivity index (χ2n) is 8.89. The van der Waals surface area contributed by atoms with Gasteiger partial charge in [0.05, 0.1) is 29.3 Å². The fourth-order valence-electron chi connectivity index (χ4n) is 4.94. The van der Waals surface area contributed by atoms with Gasteiger partial charge < -0.3 is 15.6 Å². The molecular formula is C25H26N6O4. The first kappa shape index (κ1) is 22.7. The number of ketones is 1. The second kappa shape index (κ2) is 8.62. The van der Waals surface area contributed by atoms with Crippen molar-refractivity contribution in [3.05, 3.63) is 60.2 Å². The van der Waals surface area contributed by atoms with Gasteiger partial charge in [-0.2, -0.15) is 14.7 Å². The number of nitrogen functional groups attached to an aromatic ring is 1. The molecule has 5 rings (SSSR count). The molecule has 10 heteroatoms. The Balaban J connectivity index is 1.58. The number of anilines is 1. The Bertz CT molecular complexity index is 1420. The van der Waals surface area contributed by atoms with Gasteiger partial charge in [0, 0.05) is 30.4 Å². The van der Waals surface area contributed by atoms with Crippen molar-refractivity contribution in [2.45, 2.75) is 44.1 Å².